The molecule has 0 saturated heterocycles. The van der Waals surface area contributed by atoms with Crippen molar-refractivity contribution in [2.24, 2.45) is 0 Å². The van der Waals surface area contributed by atoms with E-state index in [0.717, 1.165) is 5.69 Å². The normalized spacial score (nSPS) is 10.9. The van der Waals surface area contributed by atoms with Crippen LogP contribution in [0.15, 0.2) is 60.9 Å². The third-order valence-electron chi connectivity index (χ3n) is 4.16. The van der Waals surface area contributed by atoms with Gasteiger partial charge in [-0.15, -0.1) is 0 Å². The van der Waals surface area contributed by atoms with Gasteiger partial charge in [0.2, 0.25) is 0 Å². The Labute approximate surface area is 153 Å². The van der Waals surface area contributed by atoms with Gasteiger partial charge in [0.25, 0.3) is 5.91 Å². The maximum Gasteiger partial charge on any atom is 0.273 e. The number of amides is 1. The van der Waals surface area contributed by atoms with Crippen molar-refractivity contribution >= 4 is 16.8 Å². The van der Waals surface area contributed by atoms with Crippen molar-refractivity contribution in [2.45, 2.75) is 6.92 Å². The van der Waals surface area contributed by atoms with Gasteiger partial charge in [-0.25, -0.2) is 18.7 Å². The number of benzene rings is 2. The average Bonchev–Trinajstić information content (AvgIpc) is 2.96. The zero-order valence-corrected chi connectivity index (χ0v) is 14.3. The summed E-state index contributed by atoms with van der Waals surface area (Å²) in [5.74, 6) is -0.813. The van der Waals surface area contributed by atoms with Crippen LogP contribution in [0.2, 0.25) is 0 Å². The fraction of sp³-hybridized carbons (Fsp3) is 0.0500. The molecule has 0 aliphatic heterocycles. The van der Waals surface area contributed by atoms with Crippen LogP contribution < -0.4 is 5.43 Å². The van der Waals surface area contributed by atoms with E-state index in [1.165, 1.54) is 36.7 Å². The molecular formula is C20H14F2N4O. The Morgan fingerprint density at radius 2 is 1.74 bits per heavy atom. The van der Waals surface area contributed by atoms with Crippen molar-refractivity contribution in [2.75, 3.05) is 5.43 Å². The molecule has 0 bridgehead atoms. The van der Waals surface area contributed by atoms with Gasteiger partial charge >= 0.3 is 0 Å². The number of aryl methyl sites for hydroxylation is 1. The van der Waals surface area contributed by atoms with Gasteiger partial charge < -0.3 is 0 Å². The lowest BCUT2D eigenvalue weighted by molar-refractivity contribution is 0.101. The van der Waals surface area contributed by atoms with Crippen molar-refractivity contribution in [1.82, 2.24) is 14.6 Å². The fourth-order valence-corrected chi connectivity index (χ4v) is 2.86. The Morgan fingerprint density at radius 1 is 1.00 bits per heavy atom. The second-order valence-corrected chi connectivity index (χ2v) is 6.07. The van der Waals surface area contributed by atoms with Crippen LogP contribution in [0.4, 0.5) is 8.78 Å². The second-order valence-electron chi connectivity index (χ2n) is 6.07. The lowest BCUT2D eigenvalue weighted by atomic mass is 10.2. The summed E-state index contributed by atoms with van der Waals surface area (Å²) in [6.07, 6.45) is 2.76. The van der Waals surface area contributed by atoms with Gasteiger partial charge in [-0.1, -0.05) is 12.1 Å². The van der Waals surface area contributed by atoms with Crippen LogP contribution in [0.5, 0.6) is 0 Å². The van der Waals surface area contributed by atoms with Gasteiger partial charge in [-0.3, -0.25) is 14.9 Å². The molecule has 1 amide bonds. The quantitative estimate of drug-likeness (QED) is 0.596. The summed E-state index contributed by atoms with van der Waals surface area (Å²) in [5.41, 5.74) is 4.96. The molecule has 0 fully saturated rings. The number of carbonyl (C=O) groups is 1. The minimum absolute atomic E-state index is 0.249. The van der Waals surface area contributed by atoms with E-state index in [0.29, 0.717) is 22.3 Å². The molecule has 0 spiro atoms. The van der Waals surface area contributed by atoms with Crippen molar-refractivity contribution in [1.29, 1.82) is 0 Å². The van der Waals surface area contributed by atoms with Gasteiger partial charge in [-0.05, 0) is 43.3 Å². The van der Waals surface area contributed by atoms with E-state index in [9.17, 15) is 13.6 Å². The van der Waals surface area contributed by atoms with Gasteiger partial charge in [0.1, 0.15) is 11.6 Å². The van der Waals surface area contributed by atoms with Gasteiger partial charge in [0.05, 0.1) is 11.1 Å². The number of nitrogens with one attached hydrogen (secondary N) is 1. The molecule has 0 unspecified atom stereocenters. The molecule has 4 aromatic rings. The molecule has 1 N–H and O–H groups in total. The summed E-state index contributed by atoms with van der Waals surface area (Å²) in [7, 11) is 0. The fourth-order valence-electron chi connectivity index (χ4n) is 2.86. The molecule has 27 heavy (non-hydrogen) atoms. The Kier molecular flexibility index (Phi) is 4.12. The highest BCUT2D eigenvalue weighted by molar-refractivity contribution is 6.00. The molecule has 0 saturated carbocycles. The van der Waals surface area contributed by atoms with Crippen LogP contribution in [-0.4, -0.2) is 20.6 Å². The van der Waals surface area contributed by atoms with Crippen LogP contribution >= 0.6 is 0 Å². The summed E-state index contributed by atoms with van der Waals surface area (Å²) in [6.45, 7) is 1.81. The van der Waals surface area contributed by atoms with E-state index >= 15 is 0 Å². The number of nitrogens with zero attached hydrogens (tertiary/aromatic N) is 3. The van der Waals surface area contributed by atoms with Crippen molar-refractivity contribution in [3.63, 3.8) is 0 Å². The van der Waals surface area contributed by atoms with Crippen LogP contribution in [-0.2, 0) is 0 Å². The number of hydrogen-bond donors (Lipinski definition) is 1. The first kappa shape index (κ1) is 16.8. The summed E-state index contributed by atoms with van der Waals surface area (Å²) < 4.78 is 28.3. The predicted molar refractivity (Wildman–Crippen MR) is 97.8 cm³/mol. The van der Waals surface area contributed by atoms with E-state index in [4.69, 9.17) is 0 Å². The number of halogens is 2. The Balaban J connectivity index is 1.60. The predicted octanol–water partition coefficient (Wildman–Crippen LogP) is 4.07. The van der Waals surface area contributed by atoms with Gasteiger partial charge in [-0.2, -0.15) is 0 Å². The Bertz CT molecular complexity index is 1150. The van der Waals surface area contributed by atoms with E-state index in [2.05, 4.69) is 15.4 Å². The molecule has 0 aliphatic rings. The average molecular weight is 364 g/mol. The van der Waals surface area contributed by atoms with Crippen LogP contribution in [0.3, 0.4) is 0 Å². The second kappa shape index (κ2) is 6.60. The van der Waals surface area contributed by atoms with Gasteiger partial charge in [0, 0.05) is 29.0 Å². The summed E-state index contributed by atoms with van der Waals surface area (Å²) >= 11 is 0. The van der Waals surface area contributed by atoms with E-state index < -0.39 is 5.91 Å². The van der Waals surface area contributed by atoms with E-state index in [1.54, 1.807) is 28.9 Å². The van der Waals surface area contributed by atoms with Crippen LogP contribution in [0.1, 0.15) is 16.1 Å². The van der Waals surface area contributed by atoms with E-state index in [-0.39, 0.29) is 17.2 Å². The third-order valence-corrected chi connectivity index (χ3v) is 4.16. The minimum Gasteiger partial charge on any atom is -0.267 e. The molecular weight excluding hydrogens is 350 g/mol. The molecule has 2 heterocycles. The summed E-state index contributed by atoms with van der Waals surface area (Å²) in [4.78, 5) is 20.8. The number of aromatic nitrogens is 3. The highest BCUT2D eigenvalue weighted by Crippen LogP contribution is 2.20. The zero-order valence-electron chi connectivity index (χ0n) is 14.3. The first-order chi connectivity index (χ1) is 13.0. The third kappa shape index (κ3) is 3.27. The van der Waals surface area contributed by atoms with Crippen molar-refractivity contribution < 1.29 is 13.6 Å². The SMILES string of the molecule is Cc1cc2cc(F)ccc2n1NC(=O)c1cnc(-c2cccc(F)c2)nc1. The van der Waals surface area contributed by atoms with Crippen LogP contribution in [0, 0.1) is 18.6 Å². The zero-order chi connectivity index (χ0) is 19.0. The molecule has 0 atom stereocenters. The Hall–Kier alpha value is -3.61. The largest absolute Gasteiger partial charge is 0.273 e. The molecule has 7 heteroatoms. The highest BCUT2D eigenvalue weighted by Gasteiger charge is 2.12. The first-order valence-corrected chi connectivity index (χ1v) is 8.18. The van der Waals surface area contributed by atoms with Crippen molar-refractivity contribution in [3.05, 3.63) is 83.8 Å². The van der Waals surface area contributed by atoms with E-state index in [1.807, 2.05) is 6.92 Å². The summed E-state index contributed by atoms with van der Waals surface area (Å²) in [6, 6.07) is 12.0. The number of carbonyl (C=O) groups excluding carboxylic acids is 1. The lowest BCUT2D eigenvalue weighted by Gasteiger charge is -2.10. The molecule has 0 radical (unpaired) electrons. The molecule has 5 nitrogen and oxygen atoms in total. The smallest absolute Gasteiger partial charge is 0.267 e. The van der Waals surface area contributed by atoms with Gasteiger partial charge in [0.15, 0.2) is 5.82 Å². The van der Waals surface area contributed by atoms with Crippen LogP contribution in [0.25, 0.3) is 22.3 Å². The molecule has 4 rings (SSSR count). The molecule has 2 aromatic heterocycles. The first-order valence-electron chi connectivity index (χ1n) is 8.18. The highest BCUT2D eigenvalue weighted by atomic mass is 19.1. The monoisotopic (exact) mass is 364 g/mol. The summed E-state index contributed by atoms with van der Waals surface area (Å²) in [5, 5.41) is 0.686. The maximum absolute atomic E-state index is 13.4. The number of hydrogen-bond acceptors (Lipinski definition) is 3. The lowest BCUT2D eigenvalue weighted by Crippen LogP contribution is -2.24. The topological polar surface area (TPSA) is 59.8 Å². The van der Waals surface area contributed by atoms with Crippen molar-refractivity contribution in [3.8, 4) is 11.4 Å². The number of rotatable bonds is 3. The molecule has 0 aliphatic carbocycles. The molecule has 2 aromatic carbocycles. The molecule has 134 valence electrons. The maximum atomic E-state index is 13.4. The minimum atomic E-state index is -0.411. The standard InChI is InChI=1S/C20H14F2N4O/c1-12-7-14-9-17(22)5-6-18(14)26(12)25-20(27)15-10-23-19(24-11-15)13-3-2-4-16(21)8-13/h2-11H,1H3,(H,25,27). The Morgan fingerprint density at radius 3 is 2.48 bits per heavy atom. The number of fused-ring (bicyclic) bond motifs is 1.